The van der Waals surface area contributed by atoms with Crippen LogP contribution in [0.3, 0.4) is 0 Å². The summed E-state index contributed by atoms with van der Waals surface area (Å²) in [5, 5.41) is 0. The van der Waals surface area contributed by atoms with Crippen molar-refractivity contribution >= 4 is 0 Å². The molecule has 1 aromatic rings. The van der Waals surface area contributed by atoms with Crippen molar-refractivity contribution in [3.63, 3.8) is 0 Å². The van der Waals surface area contributed by atoms with E-state index in [0.717, 1.165) is 32.5 Å². The molecule has 18 heavy (non-hydrogen) atoms. The Balaban J connectivity index is 1.86. The molecule has 1 heterocycles. The largest absolute Gasteiger partial charge is 0.381 e. The number of benzene rings is 1. The Kier molecular flexibility index (Phi) is 5.17. The average Bonchev–Trinajstić information content (AvgIpc) is 2.41. The topological polar surface area (TPSA) is 47.3 Å². The number of aryl methyl sites for hydroxylation is 2. The highest BCUT2D eigenvalue weighted by atomic mass is 16.5. The van der Waals surface area contributed by atoms with Gasteiger partial charge in [-0.25, -0.2) is 0 Å². The minimum Gasteiger partial charge on any atom is -0.381 e. The van der Waals surface area contributed by atoms with Gasteiger partial charge in [0.15, 0.2) is 0 Å². The summed E-state index contributed by atoms with van der Waals surface area (Å²) in [5.41, 5.74) is 5.70. The van der Waals surface area contributed by atoms with E-state index in [4.69, 9.17) is 10.6 Å². The number of hydrogen-bond donors (Lipinski definition) is 2. The fourth-order valence-corrected chi connectivity index (χ4v) is 2.73. The van der Waals surface area contributed by atoms with E-state index in [1.54, 1.807) is 0 Å². The van der Waals surface area contributed by atoms with Crippen molar-refractivity contribution in [3.05, 3.63) is 35.4 Å². The van der Waals surface area contributed by atoms with Crippen LogP contribution in [0.1, 0.15) is 30.4 Å². The first-order valence-corrected chi connectivity index (χ1v) is 6.89. The van der Waals surface area contributed by atoms with Gasteiger partial charge >= 0.3 is 0 Å². The molecule has 0 aromatic heterocycles. The first-order chi connectivity index (χ1) is 8.79. The third kappa shape index (κ3) is 3.80. The normalized spacial score (nSPS) is 21.8. The lowest BCUT2D eigenvalue weighted by atomic mass is 9.90. The molecular formula is C15H24N2O. The summed E-state index contributed by atoms with van der Waals surface area (Å²) in [7, 11) is 0. The summed E-state index contributed by atoms with van der Waals surface area (Å²) in [4.78, 5) is 0. The highest BCUT2D eigenvalue weighted by Crippen LogP contribution is 2.20. The molecule has 0 bridgehead atoms. The Morgan fingerprint density at radius 3 is 3.06 bits per heavy atom. The monoisotopic (exact) mass is 248 g/mol. The molecule has 1 saturated heterocycles. The fraction of sp³-hybridized carbons (Fsp3) is 0.600. The summed E-state index contributed by atoms with van der Waals surface area (Å²) >= 11 is 0. The maximum atomic E-state index is 5.69. The number of rotatable bonds is 5. The highest BCUT2D eigenvalue weighted by molar-refractivity contribution is 5.22. The Morgan fingerprint density at radius 1 is 1.50 bits per heavy atom. The second-order valence-electron chi connectivity index (χ2n) is 5.28. The number of nitrogens with one attached hydrogen (secondary N) is 1. The standard InChI is InChI=1S/C15H24N2O/c1-12-4-2-5-13(10-12)7-8-15(17-16)14-6-3-9-18-11-14/h2,4-5,10,14-15,17H,3,6-9,11,16H2,1H3. The smallest absolute Gasteiger partial charge is 0.0509 e. The summed E-state index contributed by atoms with van der Waals surface area (Å²) in [6.07, 6.45) is 4.54. The van der Waals surface area contributed by atoms with E-state index in [1.807, 2.05) is 0 Å². The van der Waals surface area contributed by atoms with Gasteiger partial charge in [0, 0.05) is 12.6 Å². The van der Waals surface area contributed by atoms with Gasteiger partial charge in [0.1, 0.15) is 0 Å². The number of nitrogens with two attached hydrogens (primary N) is 1. The van der Waals surface area contributed by atoms with Gasteiger partial charge in [-0.15, -0.1) is 0 Å². The Labute approximate surface area is 110 Å². The molecule has 100 valence electrons. The van der Waals surface area contributed by atoms with Gasteiger partial charge in [-0.2, -0.15) is 0 Å². The van der Waals surface area contributed by atoms with Crippen molar-refractivity contribution in [1.29, 1.82) is 0 Å². The predicted octanol–water partition coefficient (Wildman–Crippen LogP) is 2.19. The van der Waals surface area contributed by atoms with Crippen LogP contribution in [0.15, 0.2) is 24.3 Å². The quantitative estimate of drug-likeness (QED) is 0.620. The van der Waals surface area contributed by atoms with E-state index >= 15 is 0 Å². The molecule has 0 aliphatic carbocycles. The molecule has 3 N–H and O–H groups in total. The molecule has 0 saturated carbocycles. The maximum absolute atomic E-state index is 5.69. The molecule has 2 atom stereocenters. The van der Waals surface area contributed by atoms with Crippen molar-refractivity contribution in [2.45, 2.75) is 38.6 Å². The third-order valence-corrected chi connectivity index (χ3v) is 3.81. The zero-order valence-corrected chi connectivity index (χ0v) is 11.2. The molecule has 2 unspecified atom stereocenters. The Bertz CT molecular complexity index is 361. The van der Waals surface area contributed by atoms with Crippen LogP contribution in [0.4, 0.5) is 0 Å². The zero-order valence-electron chi connectivity index (χ0n) is 11.2. The second kappa shape index (κ2) is 6.88. The van der Waals surface area contributed by atoms with Gasteiger partial charge in [0.05, 0.1) is 6.61 Å². The van der Waals surface area contributed by atoms with Crippen LogP contribution in [0.5, 0.6) is 0 Å². The minimum atomic E-state index is 0.366. The number of hydrazine groups is 1. The first-order valence-electron chi connectivity index (χ1n) is 6.89. The third-order valence-electron chi connectivity index (χ3n) is 3.81. The van der Waals surface area contributed by atoms with Gasteiger partial charge in [-0.1, -0.05) is 29.8 Å². The second-order valence-corrected chi connectivity index (χ2v) is 5.28. The van der Waals surface area contributed by atoms with E-state index in [2.05, 4.69) is 36.6 Å². The van der Waals surface area contributed by atoms with E-state index in [-0.39, 0.29) is 0 Å². The molecule has 1 aromatic carbocycles. The van der Waals surface area contributed by atoms with E-state index < -0.39 is 0 Å². The van der Waals surface area contributed by atoms with Crippen LogP contribution in [-0.2, 0) is 11.2 Å². The van der Waals surface area contributed by atoms with Crippen LogP contribution in [0, 0.1) is 12.8 Å². The fourth-order valence-electron chi connectivity index (χ4n) is 2.73. The van der Waals surface area contributed by atoms with Crippen LogP contribution >= 0.6 is 0 Å². The van der Waals surface area contributed by atoms with Gasteiger partial charge in [0.25, 0.3) is 0 Å². The SMILES string of the molecule is Cc1cccc(CCC(NN)C2CCCOC2)c1. The zero-order chi connectivity index (χ0) is 12.8. The van der Waals surface area contributed by atoms with Crippen LogP contribution in [-0.4, -0.2) is 19.3 Å². The summed E-state index contributed by atoms with van der Waals surface area (Å²) in [6.45, 7) is 3.89. The molecule has 3 nitrogen and oxygen atoms in total. The average molecular weight is 248 g/mol. The van der Waals surface area contributed by atoms with E-state index in [1.165, 1.54) is 17.5 Å². The molecule has 0 amide bonds. The van der Waals surface area contributed by atoms with Gasteiger partial charge < -0.3 is 4.74 Å². The van der Waals surface area contributed by atoms with E-state index in [9.17, 15) is 0 Å². The Morgan fingerprint density at radius 2 is 2.39 bits per heavy atom. The summed E-state index contributed by atoms with van der Waals surface area (Å²) < 4.78 is 5.54. The molecule has 1 aliphatic heterocycles. The Hall–Kier alpha value is -0.900. The lowest BCUT2D eigenvalue weighted by Crippen LogP contribution is -2.44. The highest BCUT2D eigenvalue weighted by Gasteiger charge is 2.22. The lowest BCUT2D eigenvalue weighted by molar-refractivity contribution is 0.0380. The molecule has 0 spiro atoms. The van der Waals surface area contributed by atoms with Crippen molar-refractivity contribution in [1.82, 2.24) is 5.43 Å². The minimum absolute atomic E-state index is 0.366. The molecular weight excluding hydrogens is 224 g/mol. The summed E-state index contributed by atoms with van der Waals surface area (Å²) in [5.74, 6) is 6.26. The van der Waals surface area contributed by atoms with Crippen LogP contribution in [0.25, 0.3) is 0 Å². The van der Waals surface area contributed by atoms with E-state index in [0.29, 0.717) is 12.0 Å². The number of ether oxygens (including phenoxy) is 1. The van der Waals surface area contributed by atoms with Crippen molar-refractivity contribution < 1.29 is 4.74 Å². The van der Waals surface area contributed by atoms with Gasteiger partial charge in [-0.05, 0) is 44.1 Å². The van der Waals surface area contributed by atoms with Crippen LogP contribution in [0.2, 0.25) is 0 Å². The molecule has 2 rings (SSSR count). The lowest BCUT2D eigenvalue weighted by Gasteiger charge is -2.29. The van der Waals surface area contributed by atoms with Crippen molar-refractivity contribution in [3.8, 4) is 0 Å². The van der Waals surface area contributed by atoms with Crippen LogP contribution < -0.4 is 11.3 Å². The predicted molar refractivity (Wildman–Crippen MR) is 74.2 cm³/mol. The molecule has 0 radical (unpaired) electrons. The molecule has 1 aliphatic rings. The first kappa shape index (κ1) is 13.5. The van der Waals surface area contributed by atoms with Gasteiger partial charge in [-0.3, -0.25) is 11.3 Å². The van der Waals surface area contributed by atoms with Gasteiger partial charge in [0.2, 0.25) is 0 Å². The van der Waals surface area contributed by atoms with Crippen molar-refractivity contribution in [2.75, 3.05) is 13.2 Å². The molecule has 1 fully saturated rings. The number of hydrogen-bond acceptors (Lipinski definition) is 3. The maximum Gasteiger partial charge on any atom is 0.0509 e. The summed E-state index contributed by atoms with van der Waals surface area (Å²) in [6, 6.07) is 9.07. The molecule has 3 heteroatoms. The van der Waals surface area contributed by atoms with Crippen molar-refractivity contribution in [2.24, 2.45) is 11.8 Å².